The molecule has 7 heteroatoms. The van der Waals surface area contributed by atoms with Crippen LogP contribution in [0.3, 0.4) is 0 Å². The van der Waals surface area contributed by atoms with E-state index >= 15 is 0 Å². The van der Waals surface area contributed by atoms with Crippen LogP contribution in [-0.4, -0.2) is 11.1 Å². The molecule has 0 atom stereocenters. The lowest BCUT2D eigenvalue weighted by Crippen LogP contribution is -1.98. The van der Waals surface area contributed by atoms with Crippen LogP contribution < -0.4 is 0 Å². The second-order valence-electron chi connectivity index (χ2n) is 1.97. The maximum Gasteiger partial charge on any atom is 0.175 e. The number of hydrogen-bond donors (Lipinski definition) is 0. The van der Waals surface area contributed by atoms with Crippen LogP contribution in [0.1, 0.15) is 10.4 Å². The Bertz CT molecular complexity index is 341. The fourth-order valence-corrected chi connectivity index (χ4v) is 2.98. The number of thiophene rings is 1. The summed E-state index contributed by atoms with van der Waals surface area (Å²) in [5.74, 6) is -0.102. The highest BCUT2D eigenvalue weighted by atomic mass is 79.9. The molecule has 1 aromatic heterocycles. The first-order valence-electron chi connectivity index (χ1n) is 3.07. The summed E-state index contributed by atoms with van der Waals surface area (Å²) in [6.07, 6.45) is 0. The quantitative estimate of drug-likeness (QED) is 0.368. The van der Waals surface area contributed by atoms with Crippen LogP contribution in [0, 0.1) is 4.91 Å². The number of rotatable bonds is 4. The monoisotopic (exact) mass is 299 g/mol. The van der Waals surface area contributed by atoms with E-state index in [1.165, 1.54) is 11.3 Å². The largest absolute Gasteiger partial charge is 0.293 e. The lowest BCUT2D eigenvalue weighted by Gasteiger charge is -1.92. The van der Waals surface area contributed by atoms with Gasteiger partial charge in [0.2, 0.25) is 0 Å². The van der Waals surface area contributed by atoms with E-state index in [-0.39, 0.29) is 11.1 Å². The van der Waals surface area contributed by atoms with E-state index in [1.807, 2.05) is 0 Å². The fourth-order valence-electron chi connectivity index (χ4n) is 0.713. The van der Waals surface area contributed by atoms with Gasteiger partial charge in [-0.2, -0.15) is 0 Å². The molecular weight excluding hydrogens is 298 g/mol. The summed E-state index contributed by atoms with van der Waals surface area (Å²) >= 11 is 10.6. The van der Waals surface area contributed by atoms with Crippen LogP contribution in [0.4, 0.5) is 0 Å². The van der Waals surface area contributed by atoms with Crippen LogP contribution in [0.15, 0.2) is 14.9 Å². The van der Waals surface area contributed by atoms with Gasteiger partial charge in [0.1, 0.15) is 0 Å². The molecular formula is C6H3BrClNO2S2. The van der Waals surface area contributed by atoms with E-state index in [4.69, 9.17) is 11.6 Å². The third kappa shape index (κ3) is 2.77. The smallest absolute Gasteiger partial charge is 0.175 e. The van der Waals surface area contributed by atoms with Crippen molar-refractivity contribution >= 4 is 56.6 Å². The van der Waals surface area contributed by atoms with E-state index in [0.29, 0.717) is 14.1 Å². The summed E-state index contributed by atoms with van der Waals surface area (Å²) in [6, 6.07) is 1.54. The zero-order valence-electron chi connectivity index (χ0n) is 6.12. The fraction of sp³-hybridized carbons (Fsp3) is 0.167. The SMILES string of the molecule is O=NSc1sc(Cl)cc1C(=O)CBr. The van der Waals surface area contributed by atoms with Crippen LogP contribution in [0.5, 0.6) is 0 Å². The topological polar surface area (TPSA) is 46.5 Å². The van der Waals surface area contributed by atoms with Gasteiger partial charge >= 0.3 is 0 Å². The van der Waals surface area contributed by atoms with Gasteiger partial charge in [0, 0.05) is 10.1 Å². The second-order valence-corrected chi connectivity index (χ2v) is 5.22. The molecule has 3 nitrogen and oxygen atoms in total. The van der Waals surface area contributed by atoms with E-state index in [9.17, 15) is 9.70 Å². The Hall–Kier alpha value is 0.0900. The minimum absolute atomic E-state index is 0.102. The molecule has 0 N–H and O–H groups in total. The van der Waals surface area contributed by atoms with Gasteiger partial charge in [-0.25, -0.2) is 0 Å². The molecule has 0 amide bonds. The molecule has 0 aliphatic heterocycles. The van der Waals surface area contributed by atoms with Gasteiger partial charge in [-0.3, -0.25) is 4.79 Å². The molecule has 0 aliphatic rings. The molecule has 70 valence electrons. The van der Waals surface area contributed by atoms with Crippen LogP contribution in [0.25, 0.3) is 0 Å². The number of carbonyl (C=O) groups excluding carboxylic acids is 1. The van der Waals surface area contributed by atoms with Crippen molar-refractivity contribution in [3.63, 3.8) is 0 Å². The van der Waals surface area contributed by atoms with Crippen molar-refractivity contribution < 1.29 is 4.79 Å². The number of ketones is 1. The van der Waals surface area contributed by atoms with Gasteiger partial charge in [-0.1, -0.05) is 27.5 Å². The highest BCUT2D eigenvalue weighted by molar-refractivity contribution is 9.09. The van der Waals surface area contributed by atoms with E-state index in [1.54, 1.807) is 6.07 Å². The summed E-state index contributed by atoms with van der Waals surface area (Å²) in [7, 11) is 0. The Morgan fingerprint density at radius 2 is 2.46 bits per heavy atom. The molecule has 0 bridgehead atoms. The Balaban J connectivity index is 3.03. The Labute approximate surface area is 96.1 Å². The van der Waals surface area contributed by atoms with Crippen molar-refractivity contribution in [2.45, 2.75) is 4.21 Å². The molecule has 0 radical (unpaired) electrons. The first-order chi connectivity index (χ1) is 6.19. The maximum atomic E-state index is 11.3. The molecule has 0 aliphatic carbocycles. The summed E-state index contributed by atoms with van der Waals surface area (Å²) in [6.45, 7) is 0. The highest BCUT2D eigenvalue weighted by Crippen LogP contribution is 2.35. The maximum absolute atomic E-state index is 11.3. The lowest BCUT2D eigenvalue weighted by atomic mass is 10.2. The first kappa shape index (κ1) is 11.2. The van der Waals surface area contributed by atoms with Crippen molar-refractivity contribution in [2.75, 3.05) is 5.33 Å². The third-order valence-electron chi connectivity index (χ3n) is 1.21. The third-order valence-corrected chi connectivity index (χ3v) is 3.71. The first-order valence-corrected chi connectivity index (χ1v) is 6.16. The summed E-state index contributed by atoms with van der Waals surface area (Å²) in [5.41, 5.74) is 0.455. The van der Waals surface area contributed by atoms with Crippen molar-refractivity contribution in [1.82, 2.24) is 0 Å². The number of halogens is 2. The Morgan fingerprint density at radius 3 is 3.00 bits per heavy atom. The number of hydrogen-bond acceptors (Lipinski definition) is 5. The normalized spacial score (nSPS) is 10.0. The number of carbonyl (C=O) groups is 1. The summed E-state index contributed by atoms with van der Waals surface area (Å²) in [5, 5.41) is 0.215. The van der Waals surface area contributed by atoms with Crippen LogP contribution in [0.2, 0.25) is 4.34 Å². The van der Waals surface area contributed by atoms with Crippen molar-refractivity contribution in [3.05, 3.63) is 20.9 Å². The highest BCUT2D eigenvalue weighted by Gasteiger charge is 2.15. The number of nitrogens with zero attached hydrogens (tertiary/aromatic N) is 1. The molecule has 1 aromatic rings. The Kier molecular flexibility index (Phi) is 4.37. The van der Waals surface area contributed by atoms with Gasteiger partial charge < -0.3 is 0 Å². The summed E-state index contributed by atoms with van der Waals surface area (Å²) in [4.78, 5) is 21.3. The van der Waals surface area contributed by atoms with Crippen molar-refractivity contribution in [1.29, 1.82) is 0 Å². The molecule has 0 unspecified atom stereocenters. The molecule has 13 heavy (non-hydrogen) atoms. The number of alkyl halides is 1. The average Bonchev–Trinajstić information content (AvgIpc) is 2.46. The molecule has 0 aromatic carbocycles. The second kappa shape index (κ2) is 5.09. The standard InChI is InChI=1S/C6H3BrClNO2S2/c7-2-4(10)3-1-5(8)12-6(3)13-9-11/h1H,2H2. The van der Waals surface area contributed by atoms with E-state index in [0.717, 1.165) is 11.9 Å². The van der Waals surface area contributed by atoms with Crippen molar-refractivity contribution in [2.24, 2.45) is 4.58 Å². The molecule has 1 heterocycles. The lowest BCUT2D eigenvalue weighted by molar-refractivity contribution is 0.102. The van der Waals surface area contributed by atoms with Gasteiger partial charge in [0.05, 0.1) is 25.8 Å². The van der Waals surface area contributed by atoms with E-state index in [2.05, 4.69) is 20.5 Å². The Morgan fingerprint density at radius 1 is 1.77 bits per heavy atom. The van der Waals surface area contributed by atoms with Crippen LogP contribution >= 0.6 is 50.8 Å². The predicted octanol–water partition coefficient (Wildman–Crippen LogP) is 3.75. The number of Topliss-reactive ketones (excluding diaryl/α,β-unsaturated/α-hetero) is 1. The minimum Gasteiger partial charge on any atom is -0.293 e. The zero-order valence-corrected chi connectivity index (χ0v) is 10.1. The minimum atomic E-state index is -0.102. The van der Waals surface area contributed by atoms with Crippen molar-refractivity contribution in [3.8, 4) is 0 Å². The molecule has 0 saturated carbocycles. The molecule has 0 saturated heterocycles. The molecule has 1 rings (SSSR count). The zero-order chi connectivity index (χ0) is 9.84. The average molecular weight is 301 g/mol. The van der Waals surface area contributed by atoms with Gasteiger partial charge in [-0.05, 0) is 6.07 Å². The molecule has 0 fully saturated rings. The van der Waals surface area contributed by atoms with Gasteiger partial charge in [0.15, 0.2) is 5.78 Å². The molecule has 0 spiro atoms. The van der Waals surface area contributed by atoms with Crippen LogP contribution in [-0.2, 0) is 0 Å². The number of nitroso groups, excluding NO2 is 1. The van der Waals surface area contributed by atoms with E-state index < -0.39 is 0 Å². The predicted molar refractivity (Wildman–Crippen MR) is 59.1 cm³/mol. The summed E-state index contributed by atoms with van der Waals surface area (Å²) < 4.78 is 3.68. The van der Waals surface area contributed by atoms with Gasteiger partial charge in [0.25, 0.3) is 0 Å². The van der Waals surface area contributed by atoms with Gasteiger partial charge in [-0.15, -0.1) is 16.2 Å².